The summed E-state index contributed by atoms with van der Waals surface area (Å²) in [5, 5.41) is 7.47. The Labute approximate surface area is 120 Å². The van der Waals surface area contributed by atoms with Crippen LogP contribution >= 0.6 is 0 Å². The van der Waals surface area contributed by atoms with Crippen LogP contribution in [0.1, 0.15) is 59.8 Å². The number of nitrogens with one attached hydrogen (secondary N) is 2. The molecule has 0 aromatic heterocycles. The van der Waals surface area contributed by atoms with Gasteiger partial charge in [-0.3, -0.25) is 0 Å². The predicted octanol–water partition coefficient (Wildman–Crippen LogP) is 3.42. The molecule has 2 saturated carbocycles. The van der Waals surface area contributed by atoms with E-state index in [0.29, 0.717) is 12.1 Å². The van der Waals surface area contributed by atoms with Crippen molar-refractivity contribution in [2.24, 2.45) is 23.7 Å². The number of hydrogen-bond donors (Lipinski definition) is 2. The van der Waals surface area contributed by atoms with Crippen LogP contribution in [-0.2, 0) is 0 Å². The van der Waals surface area contributed by atoms with Crippen molar-refractivity contribution >= 4 is 0 Å². The summed E-state index contributed by atoms with van der Waals surface area (Å²) in [6, 6.07) is 1.38. The van der Waals surface area contributed by atoms with E-state index in [1.54, 1.807) is 0 Å². The van der Waals surface area contributed by atoms with Crippen LogP contribution in [0.25, 0.3) is 0 Å². The molecule has 2 aliphatic carbocycles. The van der Waals surface area contributed by atoms with Crippen molar-refractivity contribution in [3.05, 3.63) is 0 Å². The Kier molecular flexibility index (Phi) is 5.70. The van der Waals surface area contributed by atoms with Crippen LogP contribution in [0.4, 0.5) is 0 Å². The minimum atomic E-state index is 0.691. The highest BCUT2D eigenvalue weighted by molar-refractivity contribution is 4.97. The fraction of sp³-hybridized carbons (Fsp3) is 1.00. The quantitative estimate of drug-likeness (QED) is 0.703. The molecule has 4 unspecified atom stereocenters. The molecule has 0 saturated heterocycles. The highest BCUT2D eigenvalue weighted by Crippen LogP contribution is 2.51. The third-order valence-corrected chi connectivity index (χ3v) is 5.77. The first kappa shape index (κ1) is 15.3. The normalized spacial score (nSPS) is 36.6. The number of fused-ring (bicyclic) bond motifs is 2. The third-order valence-electron chi connectivity index (χ3n) is 5.77. The average Bonchev–Trinajstić information content (AvgIpc) is 3.01. The summed E-state index contributed by atoms with van der Waals surface area (Å²) in [5.41, 5.74) is 0. The second kappa shape index (κ2) is 7.08. The average molecular weight is 266 g/mol. The summed E-state index contributed by atoms with van der Waals surface area (Å²) >= 11 is 0. The Balaban J connectivity index is 1.75. The molecule has 0 aromatic rings. The molecule has 0 aromatic carbocycles. The SMILES string of the molecule is CCC(C)NCC1CC2CC(CNC(C)CC)C1C2. The first-order chi connectivity index (χ1) is 9.13. The molecule has 2 N–H and O–H groups in total. The van der Waals surface area contributed by atoms with Gasteiger partial charge in [0.25, 0.3) is 0 Å². The van der Waals surface area contributed by atoms with Crippen molar-refractivity contribution in [1.29, 1.82) is 0 Å². The molecule has 0 aliphatic heterocycles. The maximum atomic E-state index is 3.74. The Bertz CT molecular complexity index is 242. The Morgan fingerprint density at radius 2 is 1.32 bits per heavy atom. The predicted molar refractivity (Wildman–Crippen MR) is 83.3 cm³/mol. The van der Waals surface area contributed by atoms with Gasteiger partial charge >= 0.3 is 0 Å². The Hall–Kier alpha value is -0.0800. The van der Waals surface area contributed by atoms with Crippen LogP contribution in [0.15, 0.2) is 0 Å². The topological polar surface area (TPSA) is 24.1 Å². The van der Waals surface area contributed by atoms with Crippen LogP contribution in [0.2, 0.25) is 0 Å². The van der Waals surface area contributed by atoms with Crippen LogP contribution in [0.5, 0.6) is 0 Å². The zero-order valence-electron chi connectivity index (χ0n) is 13.4. The van der Waals surface area contributed by atoms with Gasteiger partial charge in [-0.2, -0.15) is 0 Å². The Morgan fingerprint density at radius 1 is 0.842 bits per heavy atom. The molecular formula is C17H34N2. The van der Waals surface area contributed by atoms with E-state index < -0.39 is 0 Å². The van der Waals surface area contributed by atoms with Crippen LogP contribution in [0, 0.1) is 23.7 Å². The van der Waals surface area contributed by atoms with Gasteiger partial charge in [0, 0.05) is 12.1 Å². The zero-order chi connectivity index (χ0) is 13.8. The lowest BCUT2D eigenvalue weighted by Crippen LogP contribution is -2.38. The smallest absolute Gasteiger partial charge is 0.00362 e. The van der Waals surface area contributed by atoms with E-state index in [-0.39, 0.29) is 0 Å². The van der Waals surface area contributed by atoms with Crippen LogP contribution < -0.4 is 10.6 Å². The summed E-state index contributed by atoms with van der Waals surface area (Å²) in [5.74, 6) is 3.95. The van der Waals surface area contributed by atoms with E-state index in [1.165, 1.54) is 45.2 Å². The molecule has 112 valence electrons. The second-order valence-electron chi connectivity index (χ2n) is 7.19. The lowest BCUT2D eigenvalue weighted by Gasteiger charge is -2.31. The van der Waals surface area contributed by atoms with Gasteiger partial charge in [0.05, 0.1) is 0 Å². The van der Waals surface area contributed by atoms with Crippen molar-refractivity contribution in [1.82, 2.24) is 10.6 Å². The maximum absolute atomic E-state index is 3.74. The lowest BCUT2D eigenvalue weighted by molar-refractivity contribution is 0.217. The third kappa shape index (κ3) is 3.95. The number of hydrogen-bond acceptors (Lipinski definition) is 2. The molecule has 0 amide bonds. The summed E-state index contributed by atoms with van der Waals surface area (Å²) < 4.78 is 0. The van der Waals surface area contributed by atoms with Crippen molar-refractivity contribution in [3.8, 4) is 0 Å². The lowest BCUT2D eigenvalue weighted by atomic mass is 9.80. The van der Waals surface area contributed by atoms with E-state index in [0.717, 1.165) is 23.7 Å². The molecular weight excluding hydrogens is 232 g/mol. The highest BCUT2D eigenvalue weighted by Gasteiger charge is 2.45. The van der Waals surface area contributed by atoms with Crippen molar-refractivity contribution in [3.63, 3.8) is 0 Å². The first-order valence-corrected chi connectivity index (χ1v) is 8.60. The van der Waals surface area contributed by atoms with Gasteiger partial charge < -0.3 is 10.6 Å². The zero-order valence-corrected chi connectivity index (χ0v) is 13.4. The van der Waals surface area contributed by atoms with Gasteiger partial charge in [-0.05, 0) is 82.7 Å². The minimum absolute atomic E-state index is 0.691. The summed E-state index contributed by atoms with van der Waals surface area (Å²) in [6.45, 7) is 11.7. The van der Waals surface area contributed by atoms with Gasteiger partial charge in [0.15, 0.2) is 0 Å². The fourth-order valence-corrected chi connectivity index (χ4v) is 4.11. The molecule has 2 nitrogen and oxygen atoms in total. The summed E-state index contributed by atoms with van der Waals surface area (Å²) in [6.07, 6.45) is 7.00. The van der Waals surface area contributed by atoms with E-state index in [1.807, 2.05) is 0 Å². The van der Waals surface area contributed by atoms with E-state index in [9.17, 15) is 0 Å². The molecule has 2 bridgehead atoms. The molecule has 4 atom stereocenters. The van der Waals surface area contributed by atoms with Gasteiger partial charge in [-0.15, -0.1) is 0 Å². The molecule has 2 heteroatoms. The summed E-state index contributed by atoms with van der Waals surface area (Å²) in [7, 11) is 0. The van der Waals surface area contributed by atoms with Crippen molar-refractivity contribution in [2.45, 2.75) is 71.9 Å². The molecule has 0 spiro atoms. The monoisotopic (exact) mass is 266 g/mol. The van der Waals surface area contributed by atoms with Gasteiger partial charge in [0.2, 0.25) is 0 Å². The number of rotatable bonds is 8. The molecule has 2 aliphatic rings. The van der Waals surface area contributed by atoms with Crippen molar-refractivity contribution in [2.75, 3.05) is 13.1 Å². The van der Waals surface area contributed by atoms with Gasteiger partial charge in [-0.1, -0.05) is 13.8 Å². The van der Waals surface area contributed by atoms with E-state index in [4.69, 9.17) is 0 Å². The second-order valence-corrected chi connectivity index (χ2v) is 7.19. The molecule has 2 fully saturated rings. The van der Waals surface area contributed by atoms with Gasteiger partial charge in [0.1, 0.15) is 0 Å². The van der Waals surface area contributed by atoms with E-state index in [2.05, 4.69) is 38.3 Å². The highest BCUT2D eigenvalue weighted by atomic mass is 14.9. The fourth-order valence-electron chi connectivity index (χ4n) is 4.11. The standard InChI is InChI=1S/C17H34N2/c1-5-12(3)18-10-15-7-14-8-16(17(15)9-14)11-19-13(4)6-2/h12-19H,5-11H2,1-4H3. The maximum Gasteiger partial charge on any atom is 0.00362 e. The first-order valence-electron chi connectivity index (χ1n) is 8.60. The molecule has 2 rings (SSSR count). The molecule has 0 radical (unpaired) electrons. The Morgan fingerprint density at radius 3 is 1.68 bits per heavy atom. The van der Waals surface area contributed by atoms with Crippen LogP contribution in [-0.4, -0.2) is 25.2 Å². The van der Waals surface area contributed by atoms with Crippen LogP contribution in [0.3, 0.4) is 0 Å². The minimum Gasteiger partial charge on any atom is -0.314 e. The van der Waals surface area contributed by atoms with Crippen molar-refractivity contribution < 1.29 is 0 Å². The summed E-state index contributed by atoms with van der Waals surface area (Å²) in [4.78, 5) is 0. The molecule has 0 heterocycles. The molecule has 19 heavy (non-hydrogen) atoms. The van der Waals surface area contributed by atoms with E-state index >= 15 is 0 Å². The van der Waals surface area contributed by atoms with Gasteiger partial charge in [-0.25, -0.2) is 0 Å². The largest absolute Gasteiger partial charge is 0.314 e.